The van der Waals surface area contributed by atoms with Crippen molar-refractivity contribution in [1.82, 2.24) is 9.97 Å². The van der Waals surface area contributed by atoms with Crippen LogP contribution in [0.15, 0.2) is 35.5 Å². The van der Waals surface area contributed by atoms with E-state index in [0.717, 1.165) is 0 Å². The predicted octanol–water partition coefficient (Wildman–Crippen LogP) is 2.41. The van der Waals surface area contributed by atoms with Crippen molar-refractivity contribution in [1.29, 1.82) is 0 Å². The number of hydrogen-bond donors (Lipinski definition) is 3. The molecule has 0 aliphatic heterocycles. The molecule has 1 aromatic carbocycles. The van der Waals surface area contributed by atoms with Crippen LogP contribution in [0.4, 0.5) is 17.3 Å². The van der Waals surface area contributed by atoms with Gasteiger partial charge in [0.25, 0.3) is 0 Å². The molecule has 2 aromatic rings. The molecule has 1 heterocycles. The Morgan fingerprint density at radius 2 is 1.81 bits per heavy atom. The summed E-state index contributed by atoms with van der Waals surface area (Å²) in [5, 5.41) is 3.36. The van der Waals surface area contributed by atoms with Gasteiger partial charge in [0.2, 0.25) is 5.91 Å². The molecule has 0 fully saturated rings. The minimum absolute atomic E-state index is 0.174. The van der Waals surface area contributed by atoms with Crippen molar-refractivity contribution in [3.8, 4) is 0 Å². The van der Waals surface area contributed by atoms with E-state index in [4.69, 9.17) is 23.1 Å². The summed E-state index contributed by atoms with van der Waals surface area (Å²) in [6, 6.07) is 8.33. The van der Waals surface area contributed by atoms with Crippen LogP contribution in [0, 0.1) is 0 Å². The molecule has 21 heavy (non-hydrogen) atoms. The highest BCUT2D eigenvalue weighted by Gasteiger charge is 2.16. The summed E-state index contributed by atoms with van der Waals surface area (Å²) >= 11 is 6.97. The van der Waals surface area contributed by atoms with Crippen LogP contribution < -0.4 is 16.8 Å². The summed E-state index contributed by atoms with van der Waals surface area (Å²) < 4.78 is 0. The summed E-state index contributed by atoms with van der Waals surface area (Å²) in [6.45, 7) is 1.75. The van der Waals surface area contributed by atoms with Gasteiger partial charge in [-0.2, -0.15) is 0 Å². The fourth-order valence-corrected chi connectivity index (χ4v) is 2.43. The van der Waals surface area contributed by atoms with Crippen molar-refractivity contribution < 1.29 is 4.79 Å². The number of nitrogen functional groups attached to an aromatic ring is 2. The number of carbonyl (C=O) groups is 1. The molecular formula is C13H14ClN5OS. The summed E-state index contributed by atoms with van der Waals surface area (Å²) in [6.07, 6.45) is 0. The largest absolute Gasteiger partial charge is 0.383 e. The van der Waals surface area contributed by atoms with E-state index in [9.17, 15) is 4.79 Å². The average Bonchev–Trinajstić information content (AvgIpc) is 2.40. The van der Waals surface area contributed by atoms with Crippen LogP contribution >= 0.6 is 23.4 Å². The molecule has 1 aromatic heterocycles. The van der Waals surface area contributed by atoms with Gasteiger partial charge in [-0.3, -0.25) is 4.79 Å². The number of halogens is 1. The SMILES string of the molecule is C[C@@H](Sc1nc(N)cc(N)n1)C(=O)Nc1ccc(Cl)cc1. The third-order valence-corrected chi connectivity index (χ3v) is 3.72. The Hall–Kier alpha value is -1.99. The van der Waals surface area contributed by atoms with Crippen LogP contribution in [0.1, 0.15) is 6.92 Å². The highest BCUT2D eigenvalue weighted by atomic mass is 35.5. The van der Waals surface area contributed by atoms with Gasteiger partial charge in [0.1, 0.15) is 11.6 Å². The second-order valence-electron chi connectivity index (χ2n) is 4.26. The number of nitrogens with two attached hydrogens (primary N) is 2. The summed E-state index contributed by atoms with van der Waals surface area (Å²) in [7, 11) is 0. The van der Waals surface area contributed by atoms with Crippen LogP contribution in [0.3, 0.4) is 0 Å². The monoisotopic (exact) mass is 323 g/mol. The molecule has 110 valence electrons. The van der Waals surface area contributed by atoms with E-state index in [0.29, 0.717) is 15.9 Å². The van der Waals surface area contributed by atoms with E-state index in [1.165, 1.54) is 17.8 Å². The molecular weight excluding hydrogens is 310 g/mol. The highest BCUT2D eigenvalue weighted by molar-refractivity contribution is 8.00. The molecule has 5 N–H and O–H groups in total. The number of carbonyl (C=O) groups excluding carboxylic acids is 1. The van der Waals surface area contributed by atoms with Crippen molar-refractivity contribution in [3.05, 3.63) is 35.4 Å². The number of hydrogen-bond acceptors (Lipinski definition) is 6. The van der Waals surface area contributed by atoms with Crippen molar-refractivity contribution in [3.63, 3.8) is 0 Å². The van der Waals surface area contributed by atoms with Crippen LogP contribution in [0.5, 0.6) is 0 Å². The lowest BCUT2D eigenvalue weighted by atomic mass is 10.3. The van der Waals surface area contributed by atoms with Gasteiger partial charge in [0, 0.05) is 16.8 Å². The van der Waals surface area contributed by atoms with Crippen molar-refractivity contribution >= 4 is 46.6 Å². The first-order valence-electron chi connectivity index (χ1n) is 6.07. The van der Waals surface area contributed by atoms with Crippen LogP contribution in [-0.2, 0) is 4.79 Å². The maximum absolute atomic E-state index is 12.1. The molecule has 8 heteroatoms. The standard InChI is InChI=1S/C13H14ClN5OS/c1-7(21-13-18-10(15)6-11(16)19-13)12(20)17-9-4-2-8(14)3-5-9/h2-7H,1H3,(H,17,20)(H4,15,16,18,19)/t7-/m1/s1. The molecule has 6 nitrogen and oxygen atoms in total. The first-order chi connectivity index (χ1) is 9.94. The normalized spacial score (nSPS) is 11.9. The molecule has 2 rings (SSSR count). The molecule has 0 unspecified atom stereocenters. The van der Waals surface area contributed by atoms with Crippen LogP contribution in [0.25, 0.3) is 0 Å². The van der Waals surface area contributed by atoms with E-state index in [1.54, 1.807) is 31.2 Å². The summed E-state index contributed by atoms with van der Waals surface area (Å²) in [5.41, 5.74) is 11.9. The van der Waals surface area contributed by atoms with E-state index in [-0.39, 0.29) is 17.5 Å². The first-order valence-corrected chi connectivity index (χ1v) is 7.33. The zero-order valence-electron chi connectivity index (χ0n) is 11.2. The molecule has 0 saturated heterocycles. The Labute approximate surface area is 131 Å². The number of rotatable bonds is 4. The lowest BCUT2D eigenvalue weighted by molar-refractivity contribution is -0.115. The predicted molar refractivity (Wildman–Crippen MR) is 86.3 cm³/mol. The average molecular weight is 324 g/mol. The molecule has 0 saturated carbocycles. The Morgan fingerprint density at radius 1 is 1.24 bits per heavy atom. The number of nitrogens with zero attached hydrogens (tertiary/aromatic N) is 2. The molecule has 0 aliphatic rings. The van der Waals surface area contributed by atoms with Crippen LogP contribution in [-0.4, -0.2) is 21.1 Å². The highest BCUT2D eigenvalue weighted by Crippen LogP contribution is 2.23. The third-order valence-electron chi connectivity index (χ3n) is 2.51. The number of anilines is 3. The minimum atomic E-state index is -0.401. The number of amides is 1. The molecule has 0 bridgehead atoms. The van der Waals surface area contributed by atoms with Gasteiger partial charge in [0.15, 0.2) is 5.16 Å². The Balaban J connectivity index is 2.00. The van der Waals surface area contributed by atoms with Gasteiger partial charge in [0.05, 0.1) is 5.25 Å². The molecule has 0 spiro atoms. The molecule has 1 amide bonds. The topological polar surface area (TPSA) is 107 Å². The fourth-order valence-electron chi connectivity index (χ4n) is 1.50. The van der Waals surface area contributed by atoms with E-state index in [2.05, 4.69) is 15.3 Å². The van der Waals surface area contributed by atoms with Crippen molar-refractivity contribution in [2.75, 3.05) is 16.8 Å². The minimum Gasteiger partial charge on any atom is -0.383 e. The zero-order valence-corrected chi connectivity index (χ0v) is 12.8. The second kappa shape index (κ2) is 6.64. The zero-order chi connectivity index (χ0) is 15.4. The van der Waals surface area contributed by atoms with E-state index >= 15 is 0 Å². The lowest BCUT2D eigenvalue weighted by Gasteiger charge is -2.11. The molecule has 0 aliphatic carbocycles. The van der Waals surface area contributed by atoms with E-state index < -0.39 is 5.25 Å². The van der Waals surface area contributed by atoms with E-state index in [1.807, 2.05) is 0 Å². The van der Waals surface area contributed by atoms with Gasteiger partial charge in [-0.25, -0.2) is 9.97 Å². The van der Waals surface area contributed by atoms with Gasteiger partial charge >= 0.3 is 0 Å². The Bertz CT molecular complexity index is 629. The van der Waals surface area contributed by atoms with Gasteiger partial charge in [-0.05, 0) is 31.2 Å². The van der Waals surface area contributed by atoms with Gasteiger partial charge in [-0.1, -0.05) is 23.4 Å². The molecule has 0 radical (unpaired) electrons. The number of aromatic nitrogens is 2. The van der Waals surface area contributed by atoms with Gasteiger partial charge < -0.3 is 16.8 Å². The Morgan fingerprint density at radius 3 is 2.38 bits per heavy atom. The van der Waals surface area contributed by atoms with Crippen LogP contribution in [0.2, 0.25) is 5.02 Å². The third kappa shape index (κ3) is 4.51. The smallest absolute Gasteiger partial charge is 0.237 e. The maximum atomic E-state index is 12.1. The maximum Gasteiger partial charge on any atom is 0.237 e. The summed E-state index contributed by atoms with van der Waals surface area (Å²) in [4.78, 5) is 20.1. The summed E-state index contributed by atoms with van der Waals surface area (Å²) in [5.74, 6) is 0.373. The van der Waals surface area contributed by atoms with Crippen molar-refractivity contribution in [2.45, 2.75) is 17.3 Å². The Kier molecular flexibility index (Phi) is 4.87. The first kappa shape index (κ1) is 15.4. The quantitative estimate of drug-likeness (QED) is 0.589. The number of benzene rings is 1. The molecule has 1 atom stereocenters. The number of nitrogens with one attached hydrogen (secondary N) is 1. The van der Waals surface area contributed by atoms with Gasteiger partial charge in [-0.15, -0.1) is 0 Å². The lowest BCUT2D eigenvalue weighted by Crippen LogP contribution is -2.22. The number of thioether (sulfide) groups is 1. The fraction of sp³-hybridized carbons (Fsp3) is 0.154. The van der Waals surface area contributed by atoms with Crippen molar-refractivity contribution in [2.24, 2.45) is 0 Å². The second-order valence-corrected chi connectivity index (χ2v) is 6.00.